The number of aliphatic hydroxyl groups is 1. The van der Waals surface area contributed by atoms with Gasteiger partial charge in [0.25, 0.3) is 5.91 Å². The largest absolute Gasteiger partial charge is 0.489 e. The number of hydrogen-bond donors (Lipinski definition) is 2. The Kier molecular flexibility index (Phi) is 6.65. The van der Waals surface area contributed by atoms with Crippen LogP contribution in [0.2, 0.25) is 5.02 Å². The Morgan fingerprint density at radius 1 is 1.29 bits per heavy atom. The molecular weight excluding hydrogens is 473 g/mol. The summed E-state index contributed by atoms with van der Waals surface area (Å²) in [6.45, 7) is 3.04. The van der Waals surface area contributed by atoms with Gasteiger partial charge in [-0.05, 0) is 44.7 Å². The minimum Gasteiger partial charge on any atom is -0.489 e. The molecule has 2 bridgehead atoms. The number of piperidine rings is 1. The lowest BCUT2D eigenvalue weighted by molar-refractivity contribution is 0.0382. The van der Waals surface area contributed by atoms with Crippen LogP contribution in [-0.4, -0.2) is 75.2 Å². The number of ether oxygens (including phenoxy) is 1. The Balaban J connectivity index is 1.32. The zero-order valence-electron chi connectivity index (χ0n) is 19.6. The van der Waals surface area contributed by atoms with Crippen molar-refractivity contribution in [1.29, 1.82) is 0 Å². The van der Waals surface area contributed by atoms with Gasteiger partial charge in [-0.2, -0.15) is 0 Å². The molecule has 1 unspecified atom stereocenters. The van der Waals surface area contributed by atoms with E-state index in [4.69, 9.17) is 22.1 Å². The van der Waals surface area contributed by atoms with Gasteiger partial charge in [0.2, 0.25) is 0 Å². The minimum absolute atomic E-state index is 0.112. The average molecular weight is 502 g/mol. The van der Waals surface area contributed by atoms with Crippen LogP contribution in [0.5, 0.6) is 5.75 Å². The fraction of sp³-hybridized carbons (Fsp3) is 0.480. The molecule has 10 heteroatoms. The third-order valence-corrected chi connectivity index (χ3v) is 7.61. The van der Waals surface area contributed by atoms with Crippen LogP contribution in [0.25, 0.3) is 5.57 Å². The molecule has 5 rings (SSSR count). The lowest BCUT2D eigenvalue weighted by Crippen LogP contribution is -2.47. The van der Waals surface area contributed by atoms with Crippen molar-refractivity contribution in [2.75, 3.05) is 26.2 Å². The number of carbonyl (C=O) groups is 1. The summed E-state index contributed by atoms with van der Waals surface area (Å²) in [5.74, 6) is -0.0487. The normalized spacial score (nSPS) is 24.3. The van der Waals surface area contributed by atoms with Crippen LogP contribution >= 0.6 is 11.6 Å². The third-order valence-electron chi connectivity index (χ3n) is 7.24. The molecule has 0 aliphatic carbocycles. The van der Waals surface area contributed by atoms with Crippen LogP contribution in [0.4, 0.5) is 4.39 Å². The summed E-state index contributed by atoms with van der Waals surface area (Å²) in [5, 5.41) is 9.83. The summed E-state index contributed by atoms with van der Waals surface area (Å²) in [6, 6.07) is 4.71. The second-order valence-electron chi connectivity index (χ2n) is 9.49. The van der Waals surface area contributed by atoms with Crippen LogP contribution in [0.1, 0.15) is 47.6 Å². The van der Waals surface area contributed by atoms with Gasteiger partial charge in [-0.3, -0.25) is 9.69 Å². The Morgan fingerprint density at radius 2 is 2.03 bits per heavy atom. The van der Waals surface area contributed by atoms with Crippen LogP contribution < -0.4 is 10.5 Å². The molecule has 4 heterocycles. The first-order valence-electron chi connectivity index (χ1n) is 11.9. The van der Waals surface area contributed by atoms with Crippen LogP contribution in [-0.2, 0) is 0 Å². The number of halogens is 2. The smallest absolute Gasteiger partial charge is 0.258 e. The molecule has 2 saturated heterocycles. The molecule has 35 heavy (non-hydrogen) atoms. The number of aromatic nitrogens is 2. The van der Waals surface area contributed by atoms with Gasteiger partial charge in [0.05, 0.1) is 36.0 Å². The highest BCUT2D eigenvalue weighted by atomic mass is 35.5. The molecule has 2 aromatic rings. The van der Waals surface area contributed by atoms with E-state index in [1.54, 1.807) is 11.8 Å². The van der Waals surface area contributed by atoms with Crippen molar-refractivity contribution in [3.63, 3.8) is 0 Å². The second-order valence-corrected chi connectivity index (χ2v) is 9.90. The summed E-state index contributed by atoms with van der Waals surface area (Å²) < 4.78 is 20.5. The molecule has 3 aliphatic heterocycles. The van der Waals surface area contributed by atoms with Gasteiger partial charge in [-0.25, -0.2) is 14.4 Å². The standard InChI is InChI=1S/C25H29ClFN5O3/c1-14-21(26)11-29-24(30-14)20-12-31(13-22(20)28)25(34)19-5-2-15(27)8-23(19)35-18-9-16-3-4-17(10-18)32(16)6-7-33/h2,5,8,11,16-18,33H,3-4,6-7,9-10,12-13,28H2,1H3/t16-,17+,18?. The molecule has 3 atom stereocenters. The second kappa shape index (κ2) is 9.72. The molecule has 8 nitrogen and oxygen atoms in total. The number of aliphatic hydroxyl groups excluding tert-OH is 1. The SMILES string of the molecule is Cc1nc(C2=C(N)CN(C(=O)c3ccc(F)cc3OC3C[C@H]4CC[C@@H](C3)N4CCO)C2)ncc1Cl. The van der Waals surface area contributed by atoms with Gasteiger partial charge in [-0.1, -0.05) is 11.6 Å². The Labute approximate surface area is 208 Å². The van der Waals surface area contributed by atoms with E-state index < -0.39 is 5.82 Å². The van der Waals surface area contributed by atoms with Gasteiger partial charge in [0.1, 0.15) is 17.7 Å². The first-order chi connectivity index (χ1) is 16.8. The van der Waals surface area contributed by atoms with Gasteiger partial charge < -0.3 is 20.5 Å². The quantitative estimate of drug-likeness (QED) is 0.627. The molecule has 2 fully saturated rings. The number of benzene rings is 1. The highest BCUT2D eigenvalue weighted by molar-refractivity contribution is 6.31. The summed E-state index contributed by atoms with van der Waals surface area (Å²) in [5.41, 5.74) is 8.38. The van der Waals surface area contributed by atoms with Crippen molar-refractivity contribution >= 4 is 23.1 Å². The van der Waals surface area contributed by atoms with Crippen molar-refractivity contribution in [2.24, 2.45) is 5.73 Å². The molecule has 1 aromatic heterocycles. The number of nitrogens with two attached hydrogens (primary N) is 1. The number of hydrogen-bond acceptors (Lipinski definition) is 7. The molecule has 3 N–H and O–H groups in total. The van der Waals surface area contributed by atoms with Gasteiger partial charge in [-0.15, -0.1) is 0 Å². The highest BCUT2D eigenvalue weighted by Gasteiger charge is 2.41. The number of amides is 1. The number of rotatable bonds is 6. The van der Waals surface area contributed by atoms with Crippen molar-refractivity contribution in [2.45, 2.75) is 50.8 Å². The molecular formula is C25H29ClFN5O3. The predicted molar refractivity (Wildman–Crippen MR) is 129 cm³/mol. The maximum atomic E-state index is 14.2. The van der Waals surface area contributed by atoms with E-state index in [-0.39, 0.29) is 37.5 Å². The lowest BCUT2D eigenvalue weighted by Gasteiger charge is -2.38. The van der Waals surface area contributed by atoms with Crippen LogP contribution in [0.15, 0.2) is 30.1 Å². The summed E-state index contributed by atoms with van der Waals surface area (Å²) in [4.78, 5) is 26.1. The number of aryl methyl sites for hydroxylation is 1. The van der Waals surface area contributed by atoms with Crippen molar-refractivity contribution in [3.05, 3.63) is 58.0 Å². The average Bonchev–Trinajstić information content (AvgIpc) is 3.32. The van der Waals surface area contributed by atoms with Crippen LogP contribution in [0.3, 0.4) is 0 Å². The van der Waals surface area contributed by atoms with Gasteiger partial charge in [0, 0.05) is 42.2 Å². The summed E-state index contributed by atoms with van der Waals surface area (Å²) >= 11 is 6.04. The highest BCUT2D eigenvalue weighted by Crippen LogP contribution is 2.38. The molecule has 0 saturated carbocycles. The lowest BCUT2D eigenvalue weighted by atomic mass is 9.99. The van der Waals surface area contributed by atoms with Crippen molar-refractivity contribution in [3.8, 4) is 5.75 Å². The zero-order chi connectivity index (χ0) is 24.7. The number of carbonyl (C=O) groups excluding carboxylic acids is 1. The van der Waals surface area contributed by atoms with Crippen molar-refractivity contribution < 1.29 is 19.0 Å². The molecule has 3 aliphatic rings. The van der Waals surface area contributed by atoms with E-state index in [0.29, 0.717) is 52.0 Å². The Hall–Kier alpha value is -2.75. The topological polar surface area (TPSA) is 105 Å². The third kappa shape index (κ3) is 4.72. The van der Waals surface area contributed by atoms with Gasteiger partial charge in [0.15, 0.2) is 5.82 Å². The fourth-order valence-electron chi connectivity index (χ4n) is 5.53. The molecule has 0 radical (unpaired) electrons. The predicted octanol–water partition coefficient (Wildman–Crippen LogP) is 2.77. The van der Waals surface area contributed by atoms with E-state index in [2.05, 4.69) is 14.9 Å². The zero-order valence-corrected chi connectivity index (χ0v) is 20.3. The minimum atomic E-state index is -0.456. The van der Waals surface area contributed by atoms with Gasteiger partial charge >= 0.3 is 0 Å². The Morgan fingerprint density at radius 3 is 2.71 bits per heavy atom. The maximum Gasteiger partial charge on any atom is 0.258 e. The summed E-state index contributed by atoms with van der Waals surface area (Å²) in [7, 11) is 0. The Bertz CT molecular complexity index is 1160. The summed E-state index contributed by atoms with van der Waals surface area (Å²) in [6.07, 6.45) is 5.11. The first kappa shape index (κ1) is 24.0. The molecule has 186 valence electrons. The van der Waals surface area contributed by atoms with E-state index in [0.717, 1.165) is 25.7 Å². The fourth-order valence-corrected chi connectivity index (χ4v) is 5.62. The van der Waals surface area contributed by atoms with E-state index in [9.17, 15) is 14.3 Å². The molecule has 0 spiro atoms. The maximum absolute atomic E-state index is 14.2. The number of nitrogens with zero attached hydrogens (tertiary/aromatic N) is 4. The monoisotopic (exact) mass is 501 g/mol. The number of fused-ring (bicyclic) bond motifs is 2. The molecule has 1 aromatic carbocycles. The first-order valence-corrected chi connectivity index (χ1v) is 12.3. The van der Waals surface area contributed by atoms with E-state index >= 15 is 0 Å². The van der Waals surface area contributed by atoms with E-state index in [1.165, 1.54) is 24.4 Å². The molecule has 1 amide bonds. The van der Waals surface area contributed by atoms with Crippen LogP contribution in [0, 0.1) is 12.7 Å². The van der Waals surface area contributed by atoms with E-state index in [1.807, 2.05) is 0 Å². The van der Waals surface area contributed by atoms with Crippen molar-refractivity contribution in [1.82, 2.24) is 19.8 Å².